The minimum atomic E-state index is -0.707. The summed E-state index contributed by atoms with van der Waals surface area (Å²) in [4.78, 5) is 12.0. The Morgan fingerprint density at radius 1 is 1.39 bits per heavy atom. The van der Waals surface area contributed by atoms with E-state index in [-0.39, 0.29) is 25.2 Å². The van der Waals surface area contributed by atoms with Crippen LogP contribution in [-0.4, -0.2) is 43.6 Å². The molecule has 1 aromatic carbocycles. The molecule has 0 aromatic heterocycles. The molecule has 0 aliphatic carbocycles. The van der Waals surface area contributed by atoms with Crippen LogP contribution in [0.25, 0.3) is 0 Å². The zero-order valence-electron chi connectivity index (χ0n) is 13.7. The number of hydrogen-bond donors (Lipinski definition) is 3. The number of ether oxygens (including phenoxy) is 2. The highest BCUT2D eigenvalue weighted by atomic mass is 16.5. The van der Waals surface area contributed by atoms with Gasteiger partial charge in [-0.3, -0.25) is 0 Å². The van der Waals surface area contributed by atoms with Gasteiger partial charge in [0.05, 0.1) is 25.4 Å². The fourth-order valence-corrected chi connectivity index (χ4v) is 2.41. The lowest BCUT2D eigenvalue weighted by Crippen LogP contribution is -2.43. The van der Waals surface area contributed by atoms with Crippen LogP contribution in [0.1, 0.15) is 31.9 Å². The van der Waals surface area contributed by atoms with Crippen LogP contribution >= 0.6 is 0 Å². The molecule has 23 heavy (non-hydrogen) atoms. The van der Waals surface area contributed by atoms with Crippen LogP contribution in [0.15, 0.2) is 24.3 Å². The molecule has 0 unspecified atom stereocenters. The average molecular weight is 322 g/mol. The molecule has 1 aliphatic heterocycles. The van der Waals surface area contributed by atoms with Gasteiger partial charge in [0, 0.05) is 25.1 Å². The first-order valence-corrected chi connectivity index (χ1v) is 8.08. The van der Waals surface area contributed by atoms with Crippen LogP contribution in [-0.2, 0) is 4.74 Å². The van der Waals surface area contributed by atoms with Gasteiger partial charge in [0.1, 0.15) is 5.75 Å². The number of nitrogens with one attached hydrogen (secondary N) is 2. The second kappa shape index (κ2) is 8.74. The standard InChI is InChI=1S/C17H26N2O4/c1-12(2)10-22-11-13(20)9-18-17(21)19-15-7-8-23-16-6-4-3-5-14(15)16/h3-6,12-13,15,20H,7-11H2,1-2H3,(H2,18,19,21)/t13-,15+/m0/s1. The molecule has 2 atom stereocenters. The molecule has 128 valence electrons. The second-order valence-electron chi connectivity index (χ2n) is 6.17. The van der Waals surface area contributed by atoms with Gasteiger partial charge in [0.15, 0.2) is 0 Å². The molecular formula is C17H26N2O4. The first-order chi connectivity index (χ1) is 11.1. The lowest BCUT2D eigenvalue weighted by molar-refractivity contribution is 0.0272. The predicted octanol–water partition coefficient (Wildman–Crippen LogP) is 1.84. The highest BCUT2D eigenvalue weighted by molar-refractivity contribution is 5.74. The molecule has 0 bridgehead atoms. The van der Waals surface area contributed by atoms with E-state index in [0.717, 1.165) is 17.7 Å². The van der Waals surface area contributed by atoms with Gasteiger partial charge in [-0.2, -0.15) is 0 Å². The Labute approximate surface area is 137 Å². The number of urea groups is 1. The number of aliphatic hydroxyl groups excluding tert-OH is 1. The Morgan fingerprint density at radius 2 is 2.17 bits per heavy atom. The molecular weight excluding hydrogens is 296 g/mol. The van der Waals surface area contributed by atoms with E-state index in [9.17, 15) is 9.90 Å². The molecule has 0 saturated carbocycles. The van der Waals surface area contributed by atoms with Gasteiger partial charge in [-0.05, 0) is 12.0 Å². The van der Waals surface area contributed by atoms with Crippen LogP contribution < -0.4 is 15.4 Å². The van der Waals surface area contributed by atoms with Crippen molar-refractivity contribution in [3.63, 3.8) is 0 Å². The molecule has 0 spiro atoms. The Morgan fingerprint density at radius 3 is 2.96 bits per heavy atom. The van der Waals surface area contributed by atoms with Crippen molar-refractivity contribution in [2.45, 2.75) is 32.4 Å². The summed E-state index contributed by atoms with van der Waals surface area (Å²) in [6.45, 7) is 5.65. The summed E-state index contributed by atoms with van der Waals surface area (Å²) in [6, 6.07) is 7.32. The van der Waals surface area contributed by atoms with E-state index in [1.807, 2.05) is 38.1 Å². The van der Waals surface area contributed by atoms with E-state index in [1.165, 1.54) is 0 Å². The predicted molar refractivity (Wildman–Crippen MR) is 87.5 cm³/mol. The lowest BCUT2D eigenvalue weighted by atomic mass is 10.0. The SMILES string of the molecule is CC(C)COC[C@@H](O)CNC(=O)N[C@@H]1CCOc2ccccc21. The molecule has 1 aromatic rings. The number of amides is 2. The van der Waals surface area contributed by atoms with Gasteiger partial charge in [-0.25, -0.2) is 4.79 Å². The number of benzene rings is 1. The van der Waals surface area contributed by atoms with E-state index >= 15 is 0 Å². The largest absolute Gasteiger partial charge is 0.493 e. The van der Waals surface area contributed by atoms with Crippen LogP contribution in [0, 0.1) is 5.92 Å². The first-order valence-electron chi connectivity index (χ1n) is 8.08. The van der Waals surface area contributed by atoms with Crippen LogP contribution in [0.3, 0.4) is 0 Å². The third-order valence-electron chi connectivity index (χ3n) is 3.52. The zero-order chi connectivity index (χ0) is 16.7. The topological polar surface area (TPSA) is 79.8 Å². The Bertz CT molecular complexity index is 507. The normalized spacial score (nSPS) is 18.0. The van der Waals surface area contributed by atoms with Gasteiger partial charge in [0.25, 0.3) is 0 Å². The summed E-state index contributed by atoms with van der Waals surface area (Å²) in [7, 11) is 0. The summed E-state index contributed by atoms with van der Waals surface area (Å²) in [5.41, 5.74) is 0.981. The summed E-state index contributed by atoms with van der Waals surface area (Å²) >= 11 is 0. The van der Waals surface area contributed by atoms with Crippen LogP contribution in [0.5, 0.6) is 5.75 Å². The van der Waals surface area contributed by atoms with Gasteiger partial charge in [-0.1, -0.05) is 32.0 Å². The Hall–Kier alpha value is -1.79. The van der Waals surface area contributed by atoms with Crippen molar-refractivity contribution in [1.29, 1.82) is 0 Å². The lowest BCUT2D eigenvalue weighted by Gasteiger charge is -2.26. The number of carbonyl (C=O) groups is 1. The maximum absolute atomic E-state index is 12.0. The monoisotopic (exact) mass is 322 g/mol. The minimum Gasteiger partial charge on any atom is -0.493 e. The van der Waals surface area contributed by atoms with Gasteiger partial charge >= 0.3 is 6.03 Å². The first kappa shape index (κ1) is 17.6. The van der Waals surface area contributed by atoms with Crippen molar-refractivity contribution >= 4 is 6.03 Å². The van der Waals surface area contributed by atoms with Gasteiger partial charge in [-0.15, -0.1) is 0 Å². The third-order valence-corrected chi connectivity index (χ3v) is 3.52. The second-order valence-corrected chi connectivity index (χ2v) is 6.17. The van der Waals surface area contributed by atoms with Gasteiger partial charge < -0.3 is 25.2 Å². The molecule has 6 heteroatoms. The fourth-order valence-electron chi connectivity index (χ4n) is 2.41. The summed E-state index contributed by atoms with van der Waals surface area (Å²) in [5.74, 6) is 1.23. The van der Waals surface area contributed by atoms with Crippen molar-refractivity contribution < 1.29 is 19.4 Å². The van der Waals surface area contributed by atoms with E-state index in [4.69, 9.17) is 9.47 Å². The highest BCUT2D eigenvalue weighted by Gasteiger charge is 2.22. The molecule has 6 nitrogen and oxygen atoms in total. The number of rotatable bonds is 7. The van der Waals surface area contributed by atoms with E-state index < -0.39 is 6.10 Å². The Balaban J connectivity index is 1.73. The van der Waals surface area contributed by atoms with Crippen molar-refractivity contribution in [3.05, 3.63) is 29.8 Å². The van der Waals surface area contributed by atoms with E-state index in [1.54, 1.807) is 0 Å². The molecule has 2 rings (SSSR count). The molecule has 3 N–H and O–H groups in total. The quantitative estimate of drug-likeness (QED) is 0.716. The summed E-state index contributed by atoms with van der Waals surface area (Å²) < 4.78 is 10.9. The van der Waals surface area contributed by atoms with Gasteiger partial charge in [0.2, 0.25) is 0 Å². The number of carbonyl (C=O) groups excluding carboxylic acids is 1. The molecule has 1 aliphatic rings. The summed E-state index contributed by atoms with van der Waals surface area (Å²) in [6.07, 6.45) is 0.0197. The highest BCUT2D eigenvalue weighted by Crippen LogP contribution is 2.31. The van der Waals surface area contributed by atoms with Crippen molar-refractivity contribution in [2.75, 3.05) is 26.4 Å². The van der Waals surface area contributed by atoms with Crippen molar-refractivity contribution in [2.24, 2.45) is 5.92 Å². The number of fused-ring (bicyclic) bond motifs is 1. The zero-order valence-corrected chi connectivity index (χ0v) is 13.7. The molecule has 2 amide bonds. The molecule has 0 fully saturated rings. The van der Waals surface area contributed by atoms with Crippen LogP contribution in [0.2, 0.25) is 0 Å². The number of hydrogen-bond acceptors (Lipinski definition) is 4. The maximum Gasteiger partial charge on any atom is 0.315 e. The number of aliphatic hydroxyl groups is 1. The van der Waals surface area contributed by atoms with Crippen molar-refractivity contribution in [3.8, 4) is 5.75 Å². The van der Waals surface area contributed by atoms with Crippen LogP contribution in [0.4, 0.5) is 4.79 Å². The summed E-state index contributed by atoms with van der Waals surface area (Å²) in [5, 5.41) is 15.4. The minimum absolute atomic E-state index is 0.0747. The van der Waals surface area contributed by atoms with E-state index in [0.29, 0.717) is 19.1 Å². The molecule has 1 heterocycles. The van der Waals surface area contributed by atoms with E-state index in [2.05, 4.69) is 10.6 Å². The fraction of sp³-hybridized carbons (Fsp3) is 0.588. The third kappa shape index (κ3) is 5.73. The van der Waals surface area contributed by atoms with Crippen molar-refractivity contribution in [1.82, 2.24) is 10.6 Å². The maximum atomic E-state index is 12.0. The molecule has 0 radical (unpaired) electrons. The molecule has 0 saturated heterocycles. The average Bonchev–Trinajstić information content (AvgIpc) is 2.53. The smallest absolute Gasteiger partial charge is 0.315 e. The number of para-hydroxylation sites is 1. The Kier molecular flexibility index (Phi) is 6.67.